The Morgan fingerprint density at radius 2 is 1.77 bits per heavy atom. The third kappa shape index (κ3) is 4.14. The summed E-state index contributed by atoms with van der Waals surface area (Å²) in [7, 11) is 0. The monoisotopic (exact) mass is 411 g/mol. The third-order valence-corrected chi connectivity index (χ3v) is 5.82. The number of hydrogen-bond acceptors (Lipinski definition) is 4. The zero-order valence-electron chi connectivity index (χ0n) is 17.4. The van der Waals surface area contributed by atoms with Crippen LogP contribution in [0, 0.1) is 0 Å². The lowest BCUT2D eigenvalue weighted by Crippen LogP contribution is -2.28. The topological polar surface area (TPSA) is 63.1 Å². The number of carbonyl (C=O) groups is 1. The molecule has 0 saturated carbocycles. The van der Waals surface area contributed by atoms with Crippen LogP contribution >= 0.6 is 0 Å². The van der Waals surface area contributed by atoms with E-state index in [1.807, 2.05) is 53.2 Å². The first-order valence-electron chi connectivity index (χ1n) is 10.7. The van der Waals surface area contributed by atoms with E-state index in [1.165, 1.54) is 0 Å². The lowest BCUT2D eigenvalue weighted by molar-refractivity contribution is 0.0951. The third-order valence-electron chi connectivity index (χ3n) is 5.82. The fourth-order valence-corrected chi connectivity index (χ4v) is 4.17. The maximum absolute atomic E-state index is 13.3. The van der Waals surface area contributed by atoms with Crippen LogP contribution < -0.4 is 10.2 Å². The Kier molecular flexibility index (Phi) is 5.35. The quantitative estimate of drug-likeness (QED) is 0.521. The Labute approximate surface area is 181 Å². The van der Waals surface area contributed by atoms with Crippen LogP contribution in [0.15, 0.2) is 73.3 Å². The van der Waals surface area contributed by atoms with Crippen molar-refractivity contribution >= 4 is 22.6 Å². The maximum Gasteiger partial charge on any atom is 0.255 e. The minimum Gasteiger partial charge on any atom is -0.356 e. The van der Waals surface area contributed by atoms with Gasteiger partial charge in [-0.15, -0.1) is 0 Å². The Morgan fingerprint density at radius 3 is 2.58 bits per heavy atom. The van der Waals surface area contributed by atoms with Gasteiger partial charge in [-0.3, -0.25) is 4.79 Å². The normalized spacial score (nSPS) is 13.6. The number of imidazole rings is 1. The van der Waals surface area contributed by atoms with E-state index in [-0.39, 0.29) is 5.91 Å². The minimum absolute atomic E-state index is 0.0856. The predicted molar refractivity (Wildman–Crippen MR) is 122 cm³/mol. The van der Waals surface area contributed by atoms with Crippen LogP contribution in [0.2, 0.25) is 0 Å². The summed E-state index contributed by atoms with van der Waals surface area (Å²) in [6.07, 6.45) is 7.79. The number of fused-ring (bicyclic) bond motifs is 1. The number of carbonyl (C=O) groups excluding carboxylic acids is 1. The number of rotatable bonds is 6. The van der Waals surface area contributed by atoms with Crippen molar-refractivity contribution in [3.8, 4) is 0 Å². The van der Waals surface area contributed by atoms with Crippen molar-refractivity contribution in [3.05, 3.63) is 90.0 Å². The van der Waals surface area contributed by atoms with Gasteiger partial charge in [0.05, 0.1) is 17.4 Å². The zero-order chi connectivity index (χ0) is 21.0. The minimum atomic E-state index is -0.0856. The zero-order valence-corrected chi connectivity index (χ0v) is 17.4. The van der Waals surface area contributed by atoms with Gasteiger partial charge in [-0.1, -0.05) is 42.5 Å². The number of para-hydroxylation sites is 1. The van der Waals surface area contributed by atoms with Crippen LogP contribution in [0.5, 0.6) is 0 Å². The van der Waals surface area contributed by atoms with Crippen molar-refractivity contribution in [2.45, 2.75) is 25.9 Å². The maximum atomic E-state index is 13.3. The first-order valence-corrected chi connectivity index (χ1v) is 10.7. The molecule has 2 aromatic carbocycles. The number of hydrogen-bond donors (Lipinski definition) is 1. The van der Waals surface area contributed by atoms with Gasteiger partial charge in [0.2, 0.25) is 0 Å². The number of nitrogens with one attached hydrogen (secondary N) is 1. The summed E-state index contributed by atoms with van der Waals surface area (Å²) in [6, 6.07) is 18.1. The van der Waals surface area contributed by atoms with Crippen molar-refractivity contribution in [2.24, 2.45) is 0 Å². The van der Waals surface area contributed by atoms with E-state index in [9.17, 15) is 4.79 Å². The number of aromatic nitrogens is 3. The molecule has 6 nitrogen and oxygen atoms in total. The molecule has 4 aromatic rings. The lowest BCUT2D eigenvalue weighted by Gasteiger charge is -2.20. The average Bonchev–Trinajstić information content (AvgIpc) is 3.52. The molecule has 1 N–H and O–H groups in total. The number of anilines is 1. The number of nitrogens with zero attached hydrogens (tertiary/aromatic N) is 4. The second-order valence-electron chi connectivity index (χ2n) is 7.93. The Balaban J connectivity index is 1.40. The molecule has 1 aliphatic heterocycles. The molecule has 156 valence electrons. The van der Waals surface area contributed by atoms with E-state index >= 15 is 0 Å². The van der Waals surface area contributed by atoms with Crippen LogP contribution in [0.25, 0.3) is 10.9 Å². The van der Waals surface area contributed by atoms with Crippen molar-refractivity contribution in [1.29, 1.82) is 0 Å². The van der Waals surface area contributed by atoms with Gasteiger partial charge in [0.25, 0.3) is 5.91 Å². The van der Waals surface area contributed by atoms with Crippen molar-refractivity contribution in [1.82, 2.24) is 19.9 Å². The molecule has 5 rings (SSSR count). The van der Waals surface area contributed by atoms with Crippen molar-refractivity contribution in [3.63, 3.8) is 0 Å². The second-order valence-corrected chi connectivity index (χ2v) is 7.93. The fraction of sp³-hybridized carbons (Fsp3) is 0.240. The molecular formula is C25H25N5O. The van der Waals surface area contributed by atoms with Gasteiger partial charge in [-0.25, -0.2) is 9.97 Å². The standard InChI is InChI=1S/C25H25N5O/c31-25(27-16-20-8-1-2-9-21(20)17-29-14-11-26-18-29)22-15-19-7-3-4-10-23(19)28-24(22)30-12-5-6-13-30/h1-4,7-11,14-15,18H,5-6,12-13,16-17H2,(H,27,31). The van der Waals surface area contributed by atoms with Gasteiger partial charge in [0.1, 0.15) is 5.82 Å². The average molecular weight is 412 g/mol. The summed E-state index contributed by atoms with van der Waals surface area (Å²) >= 11 is 0. The SMILES string of the molecule is O=C(NCc1ccccc1Cn1ccnc1)c1cc2ccccc2nc1N1CCCC1. The number of pyridine rings is 1. The highest BCUT2D eigenvalue weighted by Gasteiger charge is 2.22. The molecule has 0 bridgehead atoms. The highest BCUT2D eigenvalue weighted by Crippen LogP contribution is 2.26. The number of amides is 1. The Morgan fingerprint density at radius 1 is 1.00 bits per heavy atom. The van der Waals surface area contributed by atoms with Crippen LogP contribution in [0.1, 0.15) is 34.3 Å². The molecule has 0 unspecified atom stereocenters. The van der Waals surface area contributed by atoms with E-state index < -0.39 is 0 Å². The molecule has 1 amide bonds. The summed E-state index contributed by atoms with van der Waals surface area (Å²) in [6.45, 7) is 3.08. The summed E-state index contributed by atoms with van der Waals surface area (Å²) in [4.78, 5) is 24.5. The van der Waals surface area contributed by atoms with E-state index in [1.54, 1.807) is 12.5 Å². The summed E-state index contributed by atoms with van der Waals surface area (Å²) in [5.74, 6) is 0.706. The number of benzene rings is 2. The van der Waals surface area contributed by atoms with Crippen LogP contribution in [-0.2, 0) is 13.1 Å². The van der Waals surface area contributed by atoms with Crippen LogP contribution in [-0.4, -0.2) is 33.5 Å². The van der Waals surface area contributed by atoms with E-state index in [0.29, 0.717) is 12.1 Å². The Hall–Kier alpha value is -3.67. The summed E-state index contributed by atoms with van der Waals surface area (Å²) in [5, 5.41) is 4.12. The molecule has 2 aromatic heterocycles. The lowest BCUT2D eigenvalue weighted by atomic mass is 10.1. The van der Waals surface area contributed by atoms with Crippen LogP contribution in [0.4, 0.5) is 5.82 Å². The highest BCUT2D eigenvalue weighted by molar-refractivity contribution is 6.02. The molecule has 0 spiro atoms. The first kappa shape index (κ1) is 19.3. The van der Waals surface area contributed by atoms with Gasteiger partial charge in [0, 0.05) is 44.0 Å². The fourth-order valence-electron chi connectivity index (χ4n) is 4.17. The first-order chi connectivity index (χ1) is 15.3. The van der Waals surface area contributed by atoms with E-state index in [0.717, 1.165) is 60.3 Å². The largest absolute Gasteiger partial charge is 0.356 e. The molecule has 6 heteroatoms. The summed E-state index contributed by atoms with van der Waals surface area (Å²) < 4.78 is 2.03. The summed E-state index contributed by atoms with van der Waals surface area (Å²) in [5.41, 5.74) is 3.83. The second kappa shape index (κ2) is 8.60. The Bertz CT molecular complexity index is 1200. The molecule has 1 saturated heterocycles. The van der Waals surface area contributed by atoms with Gasteiger partial charge in [-0.05, 0) is 36.1 Å². The molecule has 0 aliphatic carbocycles. The van der Waals surface area contributed by atoms with E-state index in [2.05, 4.69) is 27.3 Å². The molecule has 1 fully saturated rings. The van der Waals surface area contributed by atoms with Gasteiger partial charge < -0.3 is 14.8 Å². The van der Waals surface area contributed by atoms with Crippen LogP contribution in [0.3, 0.4) is 0 Å². The van der Waals surface area contributed by atoms with Crippen molar-refractivity contribution < 1.29 is 4.79 Å². The molecular weight excluding hydrogens is 386 g/mol. The van der Waals surface area contributed by atoms with Gasteiger partial charge in [-0.2, -0.15) is 0 Å². The van der Waals surface area contributed by atoms with Crippen molar-refractivity contribution in [2.75, 3.05) is 18.0 Å². The molecule has 0 atom stereocenters. The molecule has 1 aliphatic rings. The predicted octanol–water partition coefficient (Wildman–Crippen LogP) is 4.01. The molecule has 31 heavy (non-hydrogen) atoms. The smallest absolute Gasteiger partial charge is 0.255 e. The van der Waals surface area contributed by atoms with Gasteiger partial charge >= 0.3 is 0 Å². The van der Waals surface area contributed by atoms with E-state index in [4.69, 9.17) is 4.98 Å². The molecule has 3 heterocycles. The van der Waals surface area contributed by atoms with Gasteiger partial charge in [0.15, 0.2) is 0 Å². The molecule has 0 radical (unpaired) electrons. The highest BCUT2D eigenvalue weighted by atomic mass is 16.1.